The smallest absolute Gasteiger partial charge is 0.399 e. The second kappa shape index (κ2) is 5.55. The summed E-state index contributed by atoms with van der Waals surface area (Å²) in [5, 5.41) is 4.36. The molecule has 0 amide bonds. The first-order valence-corrected chi connectivity index (χ1v) is 8.34. The molecule has 1 aliphatic heterocycles. The summed E-state index contributed by atoms with van der Waals surface area (Å²) in [5.41, 5.74) is 0.119. The minimum absolute atomic E-state index is 0.0109. The first-order chi connectivity index (χ1) is 10.6. The molecule has 0 N–H and O–H groups in total. The quantitative estimate of drug-likeness (QED) is 0.801. The van der Waals surface area contributed by atoms with E-state index in [-0.39, 0.29) is 30.0 Å². The molecular formula is C16H25BF2N2O2. The van der Waals surface area contributed by atoms with Crippen LogP contribution < -0.4 is 5.46 Å². The molecule has 1 saturated carbocycles. The summed E-state index contributed by atoms with van der Waals surface area (Å²) < 4.78 is 40.3. The van der Waals surface area contributed by atoms with Crippen LogP contribution in [-0.2, 0) is 15.9 Å². The van der Waals surface area contributed by atoms with Gasteiger partial charge in [0.2, 0.25) is 5.92 Å². The molecule has 2 heterocycles. The first-order valence-electron chi connectivity index (χ1n) is 8.34. The number of nitrogens with zero attached hydrogens (tertiary/aromatic N) is 2. The minimum atomic E-state index is -2.48. The molecule has 0 spiro atoms. The highest BCUT2D eigenvalue weighted by Crippen LogP contribution is 2.37. The summed E-state index contributed by atoms with van der Waals surface area (Å²) >= 11 is 0. The van der Waals surface area contributed by atoms with Gasteiger partial charge in [-0.1, -0.05) is 0 Å². The van der Waals surface area contributed by atoms with Crippen molar-refractivity contribution in [2.75, 3.05) is 0 Å². The average Bonchev–Trinajstić information content (AvgIpc) is 2.96. The second-order valence-corrected chi connectivity index (χ2v) is 7.88. The molecule has 0 bridgehead atoms. The highest BCUT2D eigenvalue weighted by Gasteiger charge is 2.52. The number of rotatable bonds is 3. The first kappa shape index (κ1) is 16.9. The molecule has 0 radical (unpaired) electrons. The molecule has 2 fully saturated rings. The molecule has 7 heteroatoms. The lowest BCUT2D eigenvalue weighted by Crippen LogP contribution is -2.41. The van der Waals surface area contributed by atoms with Gasteiger partial charge in [-0.05, 0) is 46.5 Å². The highest BCUT2D eigenvalue weighted by atomic mass is 19.3. The Balaban J connectivity index is 1.61. The van der Waals surface area contributed by atoms with Gasteiger partial charge in [-0.25, -0.2) is 8.78 Å². The van der Waals surface area contributed by atoms with E-state index in [1.807, 2.05) is 38.6 Å². The van der Waals surface area contributed by atoms with Gasteiger partial charge in [0.1, 0.15) is 0 Å². The Morgan fingerprint density at radius 3 is 2.30 bits per heavy atom. The minimum Gasteiger partial charge on any atom is -0.399 e. The van der Waals surface area contributed by atoms with Gasteiger partial charge in [0.15, 0.2) is 0 Å². The molecule has 0 unspecified atom stereocenters. The zero-order valence-electron chi connectivity index (χ0n) is 14.3. The molecule has 3 rings (SSSR count). The summed E-state index contributed by atoms with van der Waals surface area (Å²) in [6.45, 7) is 8.73. The van der Waals surface area contributed by atoms with E-state index >= 15 is 0 Å². The van der Waals surface area contributed by atoms with E-state index in [9.17, 15) is 8.78 Å². The molecule has 1 aromatic heterocycles. The van der Waals surface area contributed by atoms with Crippen LogP contribution in [0.2, 0.25) is 0 Å². The number of alkyl halides is 2. The lowest BCUT2D eigenvalue weighted by Gasteiger charge is -2.32. The van der Waals surface area contributed by atoms with Crippen LogP contribution in [0.5, 0.6) is 0 Å². The Labute approximate surface area is 136 Å². The van der Waals surface area contributed by atoms with Crippen LogP contribution in [0.25, 0.3) is 0 Å². The molecular weight excluding hydrogens is 301 g/mol. The van der Waals surface area contributed by atoms with Gasteiger partial charge < -0.3 is 9.31 Å². The number of hydrogen-bond donors (Lipinski definition) is 0. The molecule has 23 heavy (non-hydrogen) atoms. The zero-order chi connectivity index (χ0) is 16.9. The van der Waals surface area contributed by atoms with Crippen molar-refractivity contribution in [1.82, 2.24) is 9.78 Å². The van der Waals surface area contributed by atoms with Gasteiger partial charge in [0, 0.05) is 37.2 Å². The molecule has 0 aromatic carbocycles. The van der Waals surface area contributed by atoms with Crippen molar-refractivity contribution in [3.05, 3.63) is 12.4 Å². The van der Waals surface area contributed by atoms with E-state index in [1.54, 1.807) is 6.20 Å². The predicted molar refractivity (Wildman–Crippen MR) is 84.8 cm³/mol. The van der Waals surface area contributed by atoms with Gasteiger partial charge in [-0.3, -0.25) is 4.68 Å². The van der Waals surface area contributed by atoms with Crippen molar-refractivity contribution in [3.8, 4) is 0 Å². The van der Waals surface area contributed by atoms with Crippen LogP contribution in [0, 0.1) is 5.92 Å². The van der Waals surface area contributed by atoms with E-state index in [0.29, 0.717) is 19.4 Å². The Kier molecular flexibility index (Phi) is 4.08. The van der Waals surface area contributed by atoms with Crippen LogP contribution in [0.3, 0.4) is 0 Å². The second-order valence-electron chi connectivity index (χ2n) is 7.88. The van der Waals surface area contributed by atoms with Crippen molar-refractivity contribution in [1.29, 1.82) is 0 Å². The molecule has 2 aliphatic rings. The molecule has 1 aromatic rings. The van der Waals surface area contributed by atoms with Crippen LogP contribution >= 0.6 is 0 Å². The lowest BCUT2D eigenvalue weighted by molar-refractivity contribution is -0.0476. The summed E-state index contributed by atoms with van der Waals surface area (Å²) in [4.78, 5) is 0. The van der Waals surface area contributed by atoms with Crippen molar-refractivity contribution < 1.29 is 18.1 Å². The fraction of sp³-hybridized carbons (Fsp3) is 0.812. The maximum absolute atomic E-state index is 13.2. The fourth-order valence-electron chi connectivity index (χ4n) is 3.13. The Morgan fingerprint density at radius 2 is 1.74 bits per heavy atom. The predicted octanol–water partition coefficient (Wildman–Crippen LogP) is 3.01. The van der Waals surface area contributed by atoms with E-state index in [0.717, 1.165) is 5.46 Å². The fourth-order valence-corrected chi connectivity index (χ4v) is 3.13. The maximum atomic E-state index is 13.2. The van der Waals surface area contributed by atoms with E-state index in [4.69, 9.17) is 9.31 Å². The van der Waals surface area contributed by atoms with E-state index in [1.165, 1.54) is 0 Å². The van der Waals surface area contributed by atoms with Crippen LogP contribution in [0.15, 0.2) is 12.4 Å². The normalized spacial score (nSPS) is 26.6. The molecule has 128 valence electrons. The standard InChI is InChI=1S/C16H25BF2N2O2/c1-14(2)15(3,4)23-17(22-14)13-9-20-21(11-13)10-12-5-7-16(18,19)8-6-12/h9,11-12H,5-8,10H2,1-4H3. The number of aromatic nitrogens is 2. The van der Waals surface area contributed by atoms with Crippen LogP contribution in [-0.4, -0.2) is 34.0 Å². The number of hydrogen-bond acceptors (Lipinski definition) is 3. The Morgan fingerprint density at radius 1 is 1.17 bits per heavy atom. The third-order valence-corrected chi connectivity index (χ3v) is 5.46. The third-order valence-electron chi connectivity index (χ3n) is 5.46. The van der Waals surface area contributed by atoms with Gasteiger partial charge in [-0.2, -0.15) is 5.10 Å². The average molecular weight is 326 g/mol. The highest BCUT2D eigenvalue weighted by molar-refractivity contribution is 6.61. The summed E-state index contributed by atoms with van der Waals surface area (Å²) in [6.07, 6.45) is 4.75. The monoisotopic (exact) mass is 326 g/mol. The van der Waals surface area contributed by atoms with Crippen LogP contribution in [0.1, 0.15) is 53.4 Å². The summed E-state index contributed by atoms with van der Waals surface area (Å²) in [7, 11) is -0.426. The largest absolute Gasteiger partial charge is 0.498 e. The zero-order valence-corrected chi connectivity index (χ0v) is 14.3. The van der Waals surface area contributed by atoms with Crippen molar-refractivity contribution in [3.63, 3.8) is 0 Å². The third kappa shape index (κ3) is 3.45. The van der Waals surface area contributed by atoms with Crippen LogP contribution in [0.4, 0.5) is 8.78 Å². The van der Waals surface area contributed by atoms with E-state index in [2.05, 4.69) is 5.10 Å². The van der Waals surface area contributed by atoms with E-state index < -0.39 is 13.0 Å². The summed E-state index contributed by atoms with van der Waals surface area (Å²) in [6, 6.07) is 0. The molecule has 1 aliphatic carbocycles. The summed E-state index contributed by atoms with van der Waals surface area (Å²) in [5.74, 6) is -2.21. The topological polar surface area (TPSA) is 36.3 Å². The molecule has 0 atom stereocenters. The van der Waals surface area contributed by atoms with Crippen molar-refractivity contribution in [2.45, 2.75) is 77.0 Å². The van der Waals surface area contributed by atoms with Crippen molar-refractivity contribution in [2.24, 2.45) is 5.92 Å². The maximum Gasteiger partial charge on any atom is 0.498 e. The molecule has 4 nitrogen and oxygen atoms in total. The van der Waals surface area contributed by atoms with Gasteiger partial charge in [0.05, 0.1) is 11.2 Å². The Hall–Kier alpha value is -0.945. The van der Waals surface area contributed by atoms with Gasteiger partial charge in [-0.15, -0.1) is 0 Å². The van der Waals surface area contributed by atoms with Crippen molar-refractivity contribution >= 4 is 12.6 Å². The lowest BCUT2D eigenvalue weighted by atomic mass is 9.82. The Bertz CT molecular complexity index is 548. The van der Waals surface area contributed by atoms with Gasteiger partial charge >= 0.3 is 7.12 Å². The van der Waals surface area contributed by atoms with Gasteiger partial charge in [0.25, 0.3) is 0 Å². The number of halogens is 2. The SMILES string of the molecule is CC1(C)OB(c2cnn(CC3CCC(F)(F)CC3)c2)OC1(C)C. The molecule has 1 saturated heterocycles.